The van der Waals surface area contributed by atoms with E-state index in [0.717, 1.165) is 49.9 Å². The van der Waals surface area contributed by atoms with Crippen molar-refractivity contribution in [3.8, 4) is 0 Å². The lowest BCUT2D eigenvalue weighted by Crippen LogP contribution is -2.37. The highest BCUT2D eigenvalue weighted by Crippen LogP contribution is 2.31. The Morgan fingerprint density at radius 3 is 2.39 bits per heavy atom. The number of benzene rings is 2. The number of carbonyl (C=O) groups is 1. The molecule has 1 atom stereocenters. The van der Waals surface area contributed by atoms with E-state index in [1.165, 1.54) is 12.1 Å². The van der Waals surface area contributed by atoms with Crippen LogP contribution in [0.5, 0.6) is 0 Å². The van der Waals surface area contributed by atoms with Crippen LogP contribution in [-0.4, -0.2) is 38.9 Å². The molecule has 1 unspecified atom stereocenters. The second kappa shape index (κ2) is 10.8. The molecule has 1 aliphatic heterocycles. The van der Waals surface area contributed by atoms with E-state index in [-0.39, 0.29) is 24.1 Å². The number of halogens is 3. The molecule has 1 fully saturated rings. The topological polar surface area (TPSA) is 91.6 Å². The zero-order chi connectivity index (χ0) is 25.8. The van der Waals surface area contributed by atoms with Crippen molar-refractivity contribution < 1.29 is 30.8 Å². The molecule has 4 rings (SSSR count). The first-order chi connectivity index (χ1) is 17.1. The van der Waals surface area contributed by atoms with Crippen LogP contribution in [0.4, 0.5) is 18.9 Å². The molecule has 1 aliphatic rings. The molecule has 1 amide bonds. The minimum absolute atomic E-state index is 0.0425. The van der Waals surface area contributed by atoms with Crippen molar-refractivity contribution in [1.29, 1.82) is 0 Å². The molecule has 11 heteroatoms. The molecule has 2 N–H and O–H groups in total. The van der Waals surface area contributed by atoms with Gasteiger partial charge in [-0.15, -0.1) is 0 Å². The lowest BCUT2D eigenvalue weighted by atomic mass is 10.1. The highest BCUT2D eigenvalue weighted by molar-refractivity contribution is 7.92. The molecule has 2 heterocycles. The molecule has 2 aromatic carbocycles. The molecule has 0 aliphatic carbocycles. The van der Waals surface area contributed by atoms with Gasteiger partial charge in [0.1, 0.15) is 5.76 Å². The van der Waals surface area contributed by atoms with E-state index >= 15 is 0 Å². The van der Waals surface area contributed by atoms with E-state index in [1.807, 2.05) is 12.1 Å². The van der Waals surface area contributed by atoms with Crippen LogP contribution >= 0.6 is 0 Å². The average molecular weight is 522 g/mol. The van der Waals surface area contributed by atoms with Gasteiger partial charge in [0.05, 0.1) is 29.2 Å². The molecule has 0 saturated carbocycles. The summed E-state index contributed by atoms with van der Waals surface area (Å²) in [5, 5.41) is 2.94. The third kappa shape index (κ3) is 6.46. The Labute approximate surface area is 207 Å². The van der Waals surface area contributed by atoms with Crippen LogP contribution < -0.4 is 10.0 Å². The summed E-state index contributed by atoms with van der Waals surface area (Å²) in [6, 6.07) is 13.3. The van der Waals surface area contributed by atoms with Gasteiger partial charge in [-0.2, -0.15) is 13.2 Å². The Balaban J connectivity index is 1.35. The van der Waals surface area contributed by atoms with E-state index < -0.39 is 26.7 Å². The van der Waals surface area contributed by atoms with E-state index in [1.54, 1.807) is 18.4 Å². The number of hydrogen-bond acceptors (Lipinski definition) is 5. The van der Waals surface area contributed by atoms with Crippen LogP contribution in [0.15, 0.2) is 76.2 Å². The summed E-state index contributed by atoms with van der Waals surface area (Å²) >= 11 is 0. The van der Waals surface area contributed by atoms with Crippen molar-refractivity contribution in [3.63, 3.8) is 0 Å². The van der Waals surface area contributed by atoms with Crippen molar-refractivity contribution >= 4 is 21.6 Å². The van der Waals surface area contributed by atoms with Gasteiger partial charge in [0.15, 0.2) is 0 Å². The van der Waals surface area contributed by atoms with Gasteiger partial charge in [-0.3, -0.25) is 14.4 Å². The number of anilines is 1. The van der Waals surface area contributed by atoms with E-state index in [0.29, 0.717) is 18.2 Å². The second-order valence-electron chi connectivity index (χ2n) is 8.58. The molecule has 1 aromatic heterocycles. The first-order valence-corrected chi connectivity index (χ1v) is 12.9. The predicted molar refractivity (Wildman–Crippen MR) is 128 cm³/mol. The smallest absolute Gasteiger partial charge is 0.416 e. The minimum Gasteiger partial charge on any atom is -0.468 e. The molecular weight excluding hydrogens is 495 g/mol. The van der Waals surface area contributed by atoms with Crippen molar-refractivity contribution in [3.05, 3.63) is 83.8 Å². The number of rotatable bonds is 9. The van der Waals surface area contributed by atoms with E-state index in [4.69, 9.17) is 4.42 Å². The summed E-state index contributed by atoms with van der Waals surface area (Å²) in [6.07, 6.45) is -0.737. The lowest BCUT2D eigenvalue weighted by Gasteiger charge is -2.26. The van der Waals surface area contributed by atoms with Crippen LogP contribution in [-0.2, 0) is 27.4 Å². The fourth-order valence-electron chi connectivity index (χ4n) is 4.15. The number of furan rings is 1. The van der Waals surface area contributed by atoms with Crippen LogP contribution in [0.3, 0.4) is 0 Å². The fourth-order valence-corrected chi connectivity index (χ4v) is 5.25. The average Bonchev–Trinajstić information content (AvgIpc) is 3.55. The number of sulfonamides is 1. The molecule has 1 saturated heterocycles. The highest BCUT2D eigenvalue weighted by Gasteiger charge is 2.31. The molecule has 192 valence electrons. The van der Waals surface area contributed by atoms with Gasteiger partial charge in [0, 0.05) is 12.2 Å². The number of alkyl halides is 3. The van der Waals surface area contributed by atoms with Crippen molar-refractivity contribution in [2.75, 3.05) is 24.4 Å². The van der Waals surface area contributed by atoms with Crippen molar-refractivity contribution in [2.45, 2.75) is 36.4 Å². The quantitative estimate of drug-likeness (QED) is 0.430. The summed E-state index contributed by atoms with van der Waals surface area (Å²) in [4.78, 5) is 14.3. The second-order valence-corrected chi connectivity index (χ2v) is 10.3. The SMILES string of the molecule is O=C(Cc1ccc(NS(=O)(=O)c2cccc(C(F)(F)F)c2)cc1)NCC(c1ccco1)N1CCCC1. The fraction of sp³-hybridized carbons (Fsp3) is 0.320. The summed E-state index contributed by atoms with van der Waals surface area (Å²) in [7, 11) is -4.22. The zero-order valence-corrected chi connectivity index (χ0v) is 20.1. The summed E-state index contributed by atoms with van der Waals surface area (Å²) < 4.78 is 71.7. The minimum atomic E-state index is -4.65. The zero-order valence-electron chi connectivity index (χ0n) is 19.3. The van der Waals surface area contributed by atoms with Gasteiger partial charge < -0.3 is 9.73 Å². The molecular formula is C25H26F3N3O4S. The van der Waals surface area contributed by atoms with Gasteiger partial charge in [0.25, 0.3) is 10.0 Å². The maximum atomic E-state index is 12.9. The number of likely N-dealkylation sites (tertiary alicyclic amines) is 1. The third-order valence-corrected chi connectivity index (χ3v) is 7.37. The lowest BCUT2D eigenvalue weighted by molar-refractivity contribution is -0.137. The third-order valence-electron chi connectivity index (χ3n) is 5.99. The Hall–Kier alpha value is -3.31. The van der Waals surface area contributed by atoms with Gasteiger partial charge in [0.2, 0.25) is 5.91 Å². The van der Waals surface area contributed by atoms with Gasteiger partial charge >= 0.3 is 6.18 Å². The van der Waals surface area contributed by atoms with Crippen LogP contribution in [0.2, 0.25) is 0 Å². The normalized spacial score (nSPS) is 15.5. The number of nitrogens with zero attached hydrogens (tertiary/aromatic N) is 1. The maximum Gasteiger partial charge on any atom is 0.416 e. The molecule has 0 radical (unpaired) electrons. The Morgan fingerprint density at radius 2 is 1.75 bits per heavy atom. The largest absolute Gasteiger partial charge is 0.468 e. The first-order valence-electron chi connectivity index (χ1n) is 11.4. The Kier molecular flexibility index (Phi) is 7.70. The first kappa shape index (κ1) is 25.8. The molecule has 36 heavy (non-hydrogen) atoms. The standard InChI is InChI=1S/C25H26F3N3O4S/c26-25(27,28)19-5-3-6-21(16-19)36(33,34)30-20-10-8-18(9-11-20)15-24(32)29-17-22(23-7-4-14-35-23)31-12-1-2-13-31/h3-11,14,16,22,30H,1-2,12-13,15,17H2,(H,29,32). The van der Waals surface area contributed by atoms with Crippen molar-refractivity contribution in [2.24, 2.45) is 0 Å². The molecule has 3 aromatic rings. The Morgan fingerprint density at radius 1 is 1.03 bits per heavy atom. The maximum absolute atomic E-state index is 12.9. The summed E-state index contributed by atoms with van der Waals surface area (Å²) in [5.74, 6) is 0.609. The Bertz CT molecular complexity index is 1270. The van der Waals surface area contributed by atoms with Gasteiger partial charge in [-0.25, -0.2) is 8.42 Å². The van der Waals surface area contributed by atoms with Gasteiger partial charge in [-0.1, -0.05) is 18.2 Å². The van der Waals surface area contributed by atoms with E-state index in [9.17, 15) is 26.4 Å². The number of nitrogens with one attached hydrogen (secondary N) is 2. The van der Waals surface area contributed by atoms with Gasteiger partial charge in [-0.05, 0) is 74.0 Å². The monoisotopic (exact) mass is 521 g/mol. The van der Waals surface area contributed by atoms with Crippen molar-refractivity contribution in [1.82, 2.24) is 10.2 Å². The van der Waals surface area contributed by atoms with Crippen LogP contribution in [0, 0.1) is 0 Å². The summed E-state index contributed by atoms with van der Waals surface area (Å²) in [6.45, 7) is 2.29. The van der Waals surface area contributed by atoms with E-state index in [2.05, 4.69) is 14.9 Å². The molecule has 0 bridgehead atoms. The highest BCUT2D eigenvalue weighted by atomic mass is 32.2. The number of hydrogen-bond donors (Lipinski definition) is 2. The number of amides is 1. The summed E-state index contributed by atoms with van der Waals surface area (Å²) in [5.41, 5.74) is -0.223. The predicted octanol–water partition coefficient (Wildman–Crippen LogP) is 4.60. The molecule has 0 spiro atoms. The van der Waals surface area contributed by atoms with Crippen LogP contribution in [0.25, 0.3) is 0 Å². The number of carbonyl (C=O) groups excluding carboxylic acids is 1. The van der Waals surface area contributed by atoms with Crippen LogP contribution in [0.1, 0.15) is 35.8 Å². The molecule has 7 nitrogen and oxygen atoms in total.